The molecule has 17 heavy (non-hydrogen) atoms. The van der Waals surface area contributed by atoms with Crippen LogP contribution in [0.3, 0.4) is 0 Å². The molecule has 0 spiro atoms. The second-order valence-electron chi connectivity index (χ2n) is 0. The van der Waals surface area contributed by atoms with Gasteiger partial charge in [0.2, 0.25) is 0 Å². The molecule has 86 valence electrons. The molecule has 12 heteroatoms. The van der Waals surface area contributed by atoms with Gasteiger partial charge in [-0.25, -0.2) is 26.3 Å². The Morgan fingerprint density at radius 2 is 0.529 bits per heavy atom. The summed E-state index contributed by atoms with van der Waals surface area (Å²) in [5.74, 6) is 0. The summed E-state index contributed by atoms with van der Waals surface area (Å²) in [6, 6.07) is 0. The van der Waals surface area contributed by atoms with Crippen LogP contribution in [0.4, 0.5) is 0 Å². The summed E-state index contributed by atoms with van der Waals surface area (Å²) in [6.45, 7) is 17.5. The smallest absolute Gasteiger partial charge is 0.412 e. The maximum Gasteiger partial charge on any atom is 1.00 e. The number of nitroso groups, excluding NO2 is 1. The van der Waals surface area contributed by atoms with Crippen LogP contribution in [0.5, 0.6) is 0 Å². The fourth-order valence-corrected chi connectivity index (χ4v) is 0. The van der Waals surface area contributed by atoms with Crippen LogP contribution in [-0.2, 0) is 17.1 Å². The summed E-state index contributed by atoms with van der Waals surface area (Å²) in [7, 11) is 0. The third kappa shape index (κ3) is 10800. The van der Waals surface area contributed by atoms with Gasteiger partial charge < -0.3 is 11.0 Å². The van der Waals surface area contributed by atoms with E-state index in [1.165, 1.54) is 0 Å². The largest absolute Gasteiger partial charge is 1.00 e. The molecular formula is C5H10FeN6Na2O3+2. The predicted molar refractivity (Wildman–Crippen MR) is 46.7 cm³/mol. The van der Waals surface area contributed by atoms with Gasteiger partial charge >= 0.3 is 59.1 Å². The van der Waals surface area contributed by atoms with Crippen molar-refractivity contribution in [3.63, 3.8) is 0 Å². The van der Waals surface area contributed by atoms with Crippen molar-refractivity contribution in [3.05, 3.63) is 4.91 Å². The van der Waals surface area contributed by atoms with Crippen LogP contribution in [0.25, 0.3) is 0 Å². The Balaban J connectivity index is -0.00000000267. The molecule has 0 fully saturated rings. The topological polar surface area (TPSA) is 223 Å². The summed E-state index contributed by atoms with van der Waals surface area (Å²) in [5.41, 5.74) is 4.50. The molecule has 0 amide bonds. The predicted octanol–water partition coefficient (Wildman–Crippen LogP) is -6.61. The van der Waals surface area contributed by atoms with Crippen molar-refractivity contribution in [2.45, 2.75) is 0 Å². The van der Waals surface area contributed by atoms with E-state index in [0.29, 0.717) is 0 Å². The molecule has 0 aromatic carbocycles. The Morgan fingerprint density at radius 1 is 0.529 bits per heavy atom. The van der Waals surface area contributed by atoms with E-state index in [4.69, 9.17) is 31.2 Å². The van der Waals surface area contributed by atoms with Gasteiger partial charge in [-0.1, -0.05) is 5.59 Å². The van der Waals surface area contributed by atoms with Gasteiger partial charge in [-0.15, -0.1) is 0 Å². The average molecular weight is 304 g/mol. The standard InChI is InChI=1S/5CHN.Fe.HNO.2Na.2H2O/c5*1-2;;1-2;;;;/h5*1H;;1H;;;2*1H2/q;;;;;;;2*+1;;. The first-order chi connectivity index (χ1) is 6.00. The van der Waals surface area contributed by atoms with Gasteiger partial charge in [0.15, 0.2) is 0 Å². The molecule has 0 aliphatic rings. The Kier molecular flexibility index (Phi) is 96400. The fraction of sp³-hybridized carbons (Fsp3) is 0. The monoisotopic (exact) mass is 304 g/mol. The van der Waals surface area contributed by atoms with E-state index in [1.807, 2.05) is 0 Å². The number of hydrogen-bond donors (Lipinski definition) is 1. The number of hydrogen-bond acceptors (Lipinski definition) is 7. The van der Waals surface area contributed by atoms with Crippen LogP contribution >= 0.6 is 0 Å². The first kappa shape index (κ1) is 131. The molecular weight excluding hydrogens is 294 g/mol. The second kappa shape index (κ2) is 12500. The maximum absolute atomic E-state index is 7.50. The van der Waals surface area contributed by atoms with Crippen LogP contribution < -0.4 is 59.1 Å². The zero-order chi connectivity index (χ0) is 12.0. The third-order valence-corrected chi connectivity index (χ3v) is 0. The SMILES string of the molecule is C#N.C#N.C#N.C#N.C#N.N=O.O.O.[Fe].[Na+].[Na+]. The number of rotatable bonds is 0. The molecule has 9 nitrogen and oxygen atoms in total. The van der Waals surface area contributed by atoms with Gasteiger partial charge in [-0.2, -0.15) is 4.91 Å². The van der Waals surface area contributed by atoms with Crippen molar-refractivity contribution in [2.24, 2.45) is 0 Å². The normalized spacial score (nSPS) is 0.824. The minimum Gasteiger partial charge on any atom is -0.412 e. The molecule has 0 saturated carbocycles. The number of nitriles is 5. The first-order valence-corrected chi connectivity index (χ1v) is 1.50. The van der Waals surface area contributed by atoms with E-state index in [2.05, 4.69) is 38.5 Å². The van der Waals surface area contributed by atoms with Crippen molar-refractivity contribution < 1.29 is 87.1 Å². The molecule has 0 heterocycles. The molecule has 0 unspecified atom stereocenters. The molecule has 0 rings (SSSR count). The van der Waals surface area contributed by atoms with Crippen molar-refractivity contribution in [1.82, 2.24) is 0 Å². The van der Waals surface area contributed by atoms with Gasteiger partial charge in [0, 0.05) is 49.9 Å². The number of nitrogens with one attached hydrogen (secondary N) is 1. The molecule has 0 aromatic heterocycles. The average Bonchev–Trinajstić information content (AvgIpc) is 2.33. The summed E-state index contributed by atoms with van der Waals surface area (Å²) < 4.78 is 0. The van der Waals surface area contributed by atoms with Gasteiger partial charge in [-0.3, -0.25) is 0 Å². The van der Waals surface area contributed by atoms with Crippen molar-refractivity contribution in [2.75, 3.05) is 0 Å². The minimum atomic E-state index is 0. The zero-order valence-corrected chi connectivity index (χ0v) is 14.5. The van der Waals surface area contributed by atoms with E-state index < -0.39 is 0 Å². The Labute approximate surface area is 155 Å². The Morgan fingerprint density at radius 3 is 0.529 bits per heavy atom. The Hall–Kier alpha value is -0.511. The first-order valence-electron chi connectivity index (χ1n) is 1.50. The summed E-state index contributed by atoms with van der Waals surface area (Å²) in [4.78, 5) is 7.50. The second-order valence-corrected chi connectivity index (χ2v) is 0. The maximum atomic E-state index is 7.50. The van der Waals surface area contributed by atoms with E-state index in [0.717, 1.165) is 0 Å². The van der Waals surface area contributed by atoms with Crippen LogP contribution in [0, 0.1) is 69.7 Å². The van der Waals surface area contributed by atoms with Crippen LogP contribution in [0.2, 0.25) is 0 Å². The minimum absolute atomic E-state index is 0. The summed E-state index contributed by atoms with van der Waals surface area (Å²) >= 11 is 0. The van der Waals surface area contributed by atoms with Gasteiger partial charge in [0.05, 0.1) is 0 Å². The fourth-order valence-electron chi connectivity index (χ4n) is 0. The molecule has 5 N–H and O–H groups in total. The molecule has 0 bridgehead atoms. The quantitative estimate of drug-likeness (QED) is 0.337. The molecule has 0 atom stereocenters. The zero-order valence-electron chi connectivity index (χ0n) is 9.38. The van der Waals surface area contributed by atoms with Crippen molar-refractivity contribution in [3.8, 4) is 32.9 Å². The van der Waals surface area contributed by atoms with Crippen LogP contribution in [0.1, 0.15) is 0 Å². The third-order valence-electron chi connectivity index (χ3n) is 0. The molecule has 0 radical (unpaired) electrons. The van der Waals surface area contributed by atoms with Gasteiger partial charge in [-0.05, 0) is 0 Å². The summed E-state index contributed by atoms with van der Waals surface area (Å²) in [6.07, 6.45) is 0. The number of nitrogens with zero attached hydrogens (tertiary/aromatic N) is 5. The van der Waals surface area contributed by atoms with E-state index in [1.54, 1.807) is 0 Å². The van der Waals surface area contributed by atoms with Gasteiger partial charge in [0.25, 0.3) is 0 Å². The summed E-state index contributed by atoms with van der Waals surface area (Å²) in [5, 5.41) is 32.5. The van der Waals surface area contributed by atoms with Crippen LogP contribution in [0.15, 0.2) is 0 Å². The van der Waals surface area contributed by atoms with E-state index >= 15 is 0 Å². The molecule has 0 aromatic rings. The van der Waals surface area contributed by atoms with Crippen LogP contribution in [-0.4, -0.2) is 11.0 Å². The Bertz CT molecular complexity index is 105. The van der Waals surface area contributed by atoms with Crippen molar-refractivity contribution >= 4 is 0 Å². The van der Waals surface area contributed by atoms with Gasteiger partial charge in [0.1, 0.15) is 0 Å². The molecule has 0 aliphatic heterocycles. The van der Waals surface area contributed by atoms with E-state index in [9.17, 15) is 0 Å². The molecule has 0 saturated heterocycles. The van der Waals surface area contributed by atoms with Crippen molar-refractivity contribution in [1.29, 1.82) is 31.9 Å². The molecule has 0 aliphatic carbocycles. The van der Waals surface area contributed by atoms with E-state index in [-0.39, 0.29) is 87.1 Å².